The second-order valence-electron chi connectivity index (χ2n) is 6.51. The van der Waals surface area contributed by atoms with Crippen LogP contribution in [0.5, 0.6) is 0 Å². The van der Waals surface area contributed by atoms with Gasteiger partial charge in [0.25, 0.3) is 0 Å². The normalized spacial score (nSPS) is 11.4. The maximum absolute atomic E-state index is 13.0. The Kier molecular flexibility index (Phi) is 6.25. The molecule has 0 bridgehead atoms. The molecule has 0 heterocycles. The molecule has 7 heteroatoms. The summed E-state index contributed by atoms with van der Waals surface area (Å²) in [4.78, 5) is 24.3. The number of aryl methyl sites for hydroxylation is 1. The number of nitrogens with one attached hydrogen (secondary N) is 2. The summed E-state index contributed by atoms with van der Waals surface area (Å²) >= 11 is 0. The van der Waals surface area contributed by atoms with Crippen molar-refractivity contribution in [2.45, 2.75) is 39.3 Å². The quantitative estimate of drug-likeness (QED) is 0.711. The van der Waals surface area contributed by atoms with Gasteiger partial charge >= 0.3 is 6.18 Å². The van der Waals surface area contributed by atoms with Crippen LogP contribution >= 0.6 is 0 Å². The minimum Gasteiger partial charge on any atom is -0.325 e. The van der Waals surface area contributed by atoms with E-state index in [0.29, 0.717) is 5.69 Å². The number of carbonyl (C=O) groups is 2. The van der Waals surface area contributed by atoms with Crippen molar-refractivity contribution in [3.8, 4) is 0 Å². The summed E-state index contributed by atoms with van der Waals surface area (Å²) in [5.74, 6) is -1.25. The summed E-state index contributed by atoms with van der Waals surface area (Å²) in [5.41, 5.74) is 1.06. The molecule has 0 unspecified atom stereocenters. The van der Waals surface area contributed by atoms with Crippen LogP contribution in [0, 0.1) is 6.92 Å². The Bertz CT molecular complexity index is 845. The Labute approximate surface area is 155 Å². The van der Waals surface area contributed by atoms with E-state index in [1.807, 2.05) is 39.0 Å². The first-order chi connectivity index (χ1) is 12.6. The average molecular weight is 378 g/mol. The van der Waals surface area contributed by atoms with Crippen LogP contribution in [0.25, 0.3) is 0 Å². The van der Waals surface area contributed by atoms with Gasteiger partial charge in [-0.1, -0.05) is 44.2 Å². The van der Waals surface area contributed by atoms with Crippen molar-refractivity contribution in [1.82, 2.24) is 0 Å². The number of hydrogen-bond donors (Lipinski definition) is 2. The van der Waals surface area contributed by atoms with Gasteiger partial charge in [0.1, 0.15) is 6.42 Å². The summed E-state index contributed by atoms with van der Waals surface area (Å²) in [6.07, 6.45) is -5.18. The summed E-state index contributed by atoms with van der Waals surface area (Å²) < 4.78 is 38.9. The highest BCUT2D eigenvalue weighted by atomic mass is 19.4. The molecule has 2 amide bonds. The molecule has 0 aliphatic heterocycles. The van der Waals surface area contributed by atoms with Crippen molar-refractivity contribution in [1.29, 1.82) is 0 Å². The SMILES string of the molecule is Cc1cccc(C(C)C)c1NC(=O)CC(=O)Nc1ccccc1C(F)(F)F. The lowest BCUT2D eigenvalue weighted by Crippen LogP contribution is -2.23. The Morgan fingerprint density at radius 3 is 2.22 bits per heavy atom. The zero-order valence-electron chi connectivity index (χ0n) is 15.3. The molecule has 0 saturated heterocycles. The second-order valence-corrected chi connectivity index (χ2v) is 6.51. The van der Waals surface area contributed by atoms with E-state index >= 15 is 0 Å². The van der Waals surface area contributed by atoms with Gasteiger partial charge in [0.15, 0.2) is 0 Å². The molecular weight excluding hydrogens is 357 g/mol. The molecule has 144 valence electrons. The minimum absolute atomic E-state index is 0.160. The van der Waals surface area contributed by atoms with Crippen molar-refractivity contribution in [2.75, 3.05) is 10.6 Å². The standard InChI is InChI=1S/C20H21F3N2O2/c1-12(2)14-8-6-7-13(3)19(14)25-18(27)11-17(26)24-16-10-5-4-9-15(16)20(21,22)23/h4-10,12H,11H2,1-3H3,(H,24,26)(H,25,27). The van der Waals surface area contributed by atoms with Crippen LogP contribution in [-0.2, 0) is 15.8 Å². The first-order valence-electron chi connectivity index (χ1n) is 8.45. The van der Waals surface area contributed by atoms with Gasteiger partial charge in [-0.2, -0.15) is 13.2 Å². The van der Waals surface area contributed by atoms with Gasteiger partial charge in [-0.25, -0.2) is 0 Å². The van der Waals surface area contributed by atoms with E-state index in [0.717, 1.165) is 23.3 Å². The first kappa shape index (κ1) is 20.5. The number of para-hydroxylation sites is 2. The zero-order valence-corrected chi connectivity index (χ0v) is 15.3. The molecule has 0 fully saturated rings. The number of alkyl halides is 3. The van der Waals surface area contributed by atoms with E-state index in [9.17, 15) is 22.8 Å². The highest BCUT2D eigenvalue weighted by Crippen LogP contribution is 2.34. The van der Waals surface area contributed by atoms with Crippen LogP contribution in [0.4, 0.5) is 24.5 Å². The zero-order chi connectivity index (χ0) is 20.2. The third-order valence-corrected chi connectivity index (χ3v) is 4.02. The second kappa shape index (κ2) is 8.24. The highest BCUT2D eigenvalue weighted by Gasteiger charge is 2.33. The molecule has 0 atom stereocenters. The third kappa shape index (κ3) is 5.32. The molecule has 4 nitrogen and oxygen atoms in total. The first-order valence-corrected chi connectivity index (χ1v) is 8.45. The van der Waals surface area contributed by atoms with E-state index in [4.69, 9.17) is 0 Å². The molecule has 2 N–H and O–H groups in total. The Morgan fingerprint density at radius 2 is 1.59 bits per heavy atom. The molecule has 2 rings (SSSR count). The molecule has 27 heavy (non-hydrogen) atoms. The summed E-state index contributed by atoms with van der Waals surface area (Å²) in [5, 5.41) is 4.87. The average Bonchev–Trinajstić information content (AvgIpc) is 2.55. The van der Waals surface area contributed by atoms with Gasteiger partial charge in [-0.05, 0) is 36.1 Å². The van der Waals surface area contributed by atoms with Crippen molar-refractivity contribution < 1.29 is 22.8 Å². The molecule has 0 aliphatic rings. The number of hydrogen-bond acceptors (Lipinski definition) is 2. The fourth-order valence-corrected chi connectivity index (χ4v) is 2.71. The van der Waals surface area contributed by atoms with E-state index in [2.05, 4.69) is 10.6 Å². The van der Waals surface area contributed by atoms with Gasteiger partial charge in [-0.15, -0.1) is 0 Å². The Hall–Kier alpha value is -2.83. The monoisotopic (exact) mass is 378 g/mol. The van der Waals surface area contributed by atoms with E-state index in [1.54, 1.807) is 0 Å². The fraction of sp³-hybridized carbons (Fsp3) is 0.300. The maximum Gasteiger partial charge on any atom is 0.418 e. The predicted molar refractivity (Wildman–Crippen MR) is 98.6 cm³/mol. The summed E-state index contributed by atoms with van der Waals surface area (Å²) in [6, 6.07) is 10.2. The van der Waals surface area contributed by atoms with Gasteiger partial charge in [-0.3, -0.25) is 9.59 Å². The number of anilines is 2. The summed E-state index contributed by atoms with van der Waals surface area (Å²) in [7, 11) is 0. The maximum atomic E-state index is 13.0. The van der Waals surface area contributed by atoms with Crippen LogP contribution in [-0.4, -0.2) is 11.8 Å². The number of halogens is 3. The van der Waals surface area contributed by atoms with Gasteiger partial charge in [0, 0.05) is 5.69 Å². The summed E-state index contributed by atoms with van der Waals surface area (Å²) in [6.45, 7) is 5.79. The van der Waals surface area contributed by atoms with E-state index in [-0.39, 0.29) is 11.6 Å². The van der Waals surface area contributed by atoms with Crippen molar-refractivity contribution in [3.05, 3.63) is 59.2 Å². The lowest BCUT2D eigenvalue weighted by molar-refractivity contribution is -0.137. The molecule has 0 spiro atoms. The van der Waals surface area contributed by atoms with Crippen molar-refractivity contribution in [2.24, 2.45) is 0 Å². The number of benzene rings is 2. The van der Waals surface area contributed by atoms with Crippen LogP contribution in [0.2, 0.25) is 0 Å². The van der Waals surface area contributed by atoms with Crippen LogP contribution in [0.15, 0.2) is 42.5 Å². The molecular formula is C20H21F3N2O2. The van der Waals surface area contributed by atoms with Gasteiger partial charge < -0.3 is 10.6 Å². The highest BCUT2D eigenvalue weighted by molar-refractivity contribution is 6.08. The van der Waals surface area contributed by atoms with E-state index in [1.165, 1.54) is 12.1 Å². The van der Waals surface area contributed by atoms with E-state index < -0.39 is 30.0 Å². The van der Waals surface area contributed by atoms with Crippen LogP contribution in [0.1, 0.15) is 42.9 Å². The van der Waals surface area contributed by atoms with Gasteiger partial charge in [0.2, 0.25) is 11.8 Å². The minimum atomic E-state index is -4.60. The number of rotatable bonds is 5. The molecule has 2 aromatic carbocycles. The lowest BCUT2D eigenvalue weighted by Gasteiger charge is -2.17. The Balaban J connectivity index is 2.09. The topological polar surface area (TPSA) is 58.2 Å². The predicted octanol–water partition coefficient (Wildman–Crippen LogP) is 5.10. The van der Waals surface area contributed by atoms with Gasteiger partial charge in [0.05, 0.1) is 11.3 Å². The number of carbonyl (C=O) groups excluding carboxylic acids is 2. The Morgan fingerprint density at radius 1 is 0.963 bits per heavy atom. The van der Waals surface area contributed by atoms with Crippen molar-refractivity contribution in [3.63, 3.8) is 0 Å². The number of amides is 2. The van der Waals surface area contributed by atoms with Crippen molar-refractivity contribution >= 4 is 23.2 Å². The molecule has 0 radical (unpaired) electrons. The van der Waals surface area contributed by atoms with Crippen LogP contribution in [0.3, 0.4) is 0 Å². The largest absolute Gasteiger partial charge is 0.418 e. The fourth-order valence-electron chi connectivity index (χ4n) is 2.71. The smallest absolute Gasteiger partial charge is 0.325 e. The molecule has 0 aromatic heterocycles. The lowest BCUT2D eigenvalue weighted by atomic mass is 9.98. The third-order valence-electron chi connectivity index (χ3n) is 4.02. The van der Waals surface area contributed by atoms with Crippen LogP contribution < -0.4 is 10.6 Å². The molecule has 2 aromatic rings. The molecule has 0 aliphatic carbocycles. The molecule has 0 saturated carbocycles.